The Morgan fingerprint density at radius 3 is 2.70 bits per heavy atom. The van der Waals surface area contributed by atoms with E-state index in [1.165, 1.54) is 11.3 Å². The number of aliphatic hydroxyl groups is 1. The van der Waals surface area contributed by atoms with Gasteiger partial charge in [0.15, 0.2) is 5.13 Å². The van der Waals surface area contributed by atoms with Crippen molar-refractivity contribution in [3.05, 3.63) is 65.1 Å². The van der Waals surface area contributed by atoms with Crippen LogP contribution in [0.25, 0.3) is 27.5 Å². The van der Waals surface area contributed by atoms with Gasteiger partial charge in [0.05, 0.1) is 27.6 Å². The zero-order valence-electron chi connectivity index (χ0n) is 21.1. The average Bonchev–Trinajstić information content (AvgIpc) is 3.49. The van der Waals surface area contributed by atoms with Crippen molar-refractivity contribution >= 4 is 28.3 Å². The van der Waals surface area contributed by atoms with Crippen molar-refractivity contribution in [1.29, 1.82) is 0 Å². The Hall–Kier alpha value is -3.89. The van der Waals surface area contributed by atoms with Gasteiger partial charge in [-0.15, -0.1) is 0 Å². The molecular formula is C27H28N6O3S. The Balaban J connectivity index is 1.74. The fraction of sp³-hybridized carbons (Fsp3) is 0.296. The lowest BCUT2D eigenvalue weighted by Gasteiger charge is -2.19. The summed E-state index contributed by atoms with van der Waals surface area (Å²) in [6.45, 7) is 3.59. The number of benzene rings is 1. The molecule has 2 amide bonds. The number of fused-ring (bicyclic) bond motifs is 3. The predicted octanol–water partition coefficient (Wildman–Crippen LogP) is 3.91. The maximum Gasteiger partial charge on any atom is 0.253 e. The zero-order chi connectivity index (χ0) is 26.3. The molecule has 1 aliphatic rings. The van der Waals surface area contributed by atoms with E-state index in [0.29, 0.717) is 17.1 Å². The van der Waals surface area contributed by atoms with E-state index in [1.807, 2.05) is 41.2 Å². The van der Waals surface area contributed by atoms with Crippen LogP contribution in [0, 0.1) is 0 Å². The lowest BCUT2D eigenvalue weighted by atomic mass is 9.94. The van der Waals surface area contributed by atoms with Crippen LogP contribution in [0.1, 0.15) is 46.9 Å². The lowest BCUT2D eigenvalue weighted by molar-refractivity contribution is -0.118. The molecule has 1 aliphatic carbocycles. The maximum atomic E-state index is 12.7. The van der Waals surface area contributed by atoms with Gasteiger partial charge in [0, 0.05) is 43.2 Å². The molecule has 10 heteroatoms. The zero-order valence-corrected chi connectivity index (χ0v) is 22.0. The van der Waals surface area contributed by atoms with E-state index in [9.17, 15) is 14.7 Å². The molecule has 1 aromatic carbocycles. The van der Waals surface area contributed by atoms with Crippen LogP contribution >= 0.6 is 11.3 Å². The number of carbonyl (C=O) groups is 2. The molecule has 0 spiro atoms. The van der Waals surface area contributed by atoms with E-state index in [4.69, 9.17) is 5.10 Å². The van der Waals surface area contributed by atoms with Crippen LogP contribution in [-0.2, 0) is 17.6 Å². The van der Waals surface area contributed by atoms with Crippen molar-refractivity contribution in [1.82, 2.24) is 24.6 Å². The normalized spacial score (nSPS) is 12.3. The molecule has 3 aromatic heterocycles. The highest BCUT2D eigenvalue weighted by atomic mass is 32.1. The van der Waals surface area contributed by atoms with Crippen LogP contribution in [0.4, 0.5) is 5.13 Å². The maximum absolute atomic E-state index is 12.7. The summed E-state index contributed by atoms with van der Waals surface area (Å²) in [5, 5.41) is 17.4. The number of pyridine rings is 1. The Labute approximate surface area is 218 Å². The first kappa shape index (κ1) is 24.8. The number of aromatic nitrogens is 4. The van der Waals surface area contributed by atoms with E-state index >= 15 is 0 Å². The van der Waals surface area contributed by atoms with Crippen molar-refractivity contribution in [2.24, 2.45) is 0 Å². The van der Waals surface area contributed by atoms with Crippen molar-refractivity contribution in [3.63, 3.8) is 0 Å². The molecule has 0 radical (unpaired) electrons. The molecule has 0 atom stereocenters. The monoisotopic (exact) mass is 516 g/mol. The molecule has 0 saturated heterocycles. The van der Waals surface area contributed by atoms with Gasteiger partial charge in [-0.05, 0) is 54.7 Å². The molecule has 0 bridgehead atoms. The summed E-state index contributed by atoms with van der Waals surface area (Å²) in [7, 11) is 3.49. The van der Waals surface area contributed by atoms with Gasteiger partial charge in [0.1, 0.15) is 6.61 Å². The van der Waals surface area contributed by atoms with Gasteiger partial charge in [-0.3, -0.25) is 19.9 Å². The van der Waals surface area contributed by atoms with Crippen molar-refractivity contribution in [3.8, 4) is 27.5 Å². The van der Waals surface area contributed by atoms with E-state index in [-0.39, 0.29) is 11.8 Å². The molecule has 190 valence electrons. The summed E-state index contributed by atoms with van der Waals surface area (Å²) >= 11 is 1.37. The number of aryl methyl sites for hydroxylation is 1. The SMILES string of the molecule is CC(C)c1cc(C(=O)N(C)C)ccc1-n1nc(-c2cccnc2)c2c1-c1sc(NC(=O)CO)nc1CC2. The van der Waals surface area contributed by atoms with Crippen molar-refractivity contribution < 1.29 is 14.7 Å². The van der Waals surface area contributed by atoms with Crippen LogP contribution < -0.4 is 5.32 Å². The molecule has 0 unspecified atom stereocenters. The highest BCUT2D eigenvalue weighted by molar-refractivity contribution is 7.19. The van der Waals surface area contributed by atoms with Gasteiger partial charge in [0.2, 0.25) is 0 Å². The molecular weight excluding hydrogens is 488 g/mol. The van der Waals surface area contributed by atoms with E-state index in [1.54, 1.807) is 25.2 Å². The number of anilines is 1. The average molecular weight is 517 g/mol. The first-order valence-electron chi connectivity index (χ1n) is 12.1. The van der Waals surface area contributed by atoms with Gasteiger partial charge in [0.25, 0.3) is 11.8 Å². The Morgan fingerprint density at radius 1 is 1.22 bits per heavy atom. The van der Waals surface area contributed by atoms with Gasteiger partial charge in [-0.25, -0.2) is 9.67 Å². The number of thiazole rings is 1. The van der Waals surface area contributed by atoms with Crippen LogP contribution in [0.2, 0.25) is 0 Å². The molecule has 3 heterocycles. The third-order valence-corrected chi connectivity index (χ3v) is 7.38. The first-order valence-corrected chi connectivity index (χ1v) is 12.9. The molecule has 0 aliphatic heterocycles. The van der Waals surface area contributed by atoms with E-state index in [2.05, 4.69) is 29.1 Å². The summed E-state index contributed by atoms with van der Waals surface area (Å²) in [6.07, 6.45) is 4.99. The van der Waals surface area contributed by atoms with Gasteiger partial charge >= 0.3 is 0 Å². The minimum Gasteiger partial charge on any atom is -0.387 e. The summed E-state index contributed by atoms with van der Waals surface area (Å²) in [4.78, 5) is 36.0. The molecule has 0 saturated carbocycles. The van der Waals surface area contributed by atoms with E-state index in [0.717, 1.165) is 50.8 Å². The number of hydrogen-bond acceptors (Lipinski definition) is 7. The van der Waals surface area contributed by atoms with Gasteiger partial charge in [-0.1, -0.05) is 25.2 Å². The molecule has 9 nitrogen and oxygen atoms in total. The standard InChI is InChI=1S/C27H28N6O3S/c1-15(2)19-12-16(26(36)32(3)4)7-10-21(19)33-24-18(23(31-33)17-6-5-11-28-13-17)8-9-20-25(24)37-27(29-20)30-22(35)14-34/h5-7,10-13,15,34H,8-9,14H2,1-4H3,(H,29,30,35). The Bertz CT molecular complexity index is 1490. The summed E-state index contributed by atoms with van der Waals surface area (Å²) in [5.41, 5.74) is 7.19. The third kappa shape index (κ3) is 4.54. The number of amides is 2. The number of nitrogens with zero attached hydrogens (tertiary/aromatic N) is 5. The van der Waals surface area contributed by atoms with E-state index < -0.39 is 12.5 Å². The highest BCUT2D eigenvalue weighted by Crippen LogP contribution is 2.44. The van der Waals surface area contributed by atoms with Gasteiger partial charge in [-0.2, -0.15) is 5.10 Å². The van der Waals surface area contributed by atoms with Crippen molar-refractivity contribution in [2.75, 3.05) is 26.0 Å². The predicted molar refractivity (Wildman–Crippen MR) is 143 cm³/mol. The van der Waals surface area contributed by atoms with Crippen LogP contribution in [0.3, 0.4) is 0 Å². The van der Waals surface area contributed by atoms with Crippen LogP contribution in [0.5, 0.6) is 0 Å². The Morgan fingerprint density at radius 2 is 2.03 bits per heavy atom. The third-order valence-electron chi connectivity index (χ3n) is 6.36. The van der Waals surface area contributed by atoms with Crippen molar-refractivity contribution in [2.45, 2.75) is 32.6 Å². The number of rotatable bonds is 6. The van der Waals surface area contributed by atoms with Gasteiger partial charge < -0.3 is 10.0 Å². The summed E-state index contributed by atoms with van der Waals surface area (Å²) < 4.78 is 1.95. The largest absolute Gasteiger partial charge is 0.387 e. The second-order valence-corrected chi connectivity index (χ2v) is 10.5. The molecule has 37 heavy (non-hydrogen) atoms. The van der Waals surface area contributed by atoms with Crippen LogP contribution in [-0.4, -0.2) is 62.3 Å². The molecule has 2 N–H and O–H groups in total. The number of aliphatic hydroxyl groups excluding tert-OH is 1. The summed E-state index contributed by atoms with van der Waals surface area (Å²) in [5.74, 6) is -0.421. The topological polar surface area (TPSA) is 113 Å². The highest BCUT2D eigenvalue weighted by Gasteiger charge is 2.31. The number of hydrogen-bond donors (Lipinski definition) is 2. The smallest absolute Gasteiger partial charge is 0.253 e. The lowest BCUT2D eigenvalue weighted by Crippen LogP contribution is -2.22. The molecule has 5 rings (SSSR count). The number of nitrogens with one attached hydrogen (secondary N) is 1. The van der Waals surface area contributed by atoms with Crippen LogP contribution in [0.15, 0.2) is 42.7 Å². The minimum atomic E-state index is -0.603. The fourth-order valence-corrected chi connectivity index (χ4v) is 5.68. The minimum absolute atomic E-state index is 0.0546. The second-order valence-electron chi connectivity index (χ2n) is 9.46. The first-order chi connectivity index (χ1) is 17.8. The second kappa shape index (κ2) is 9.87. The Kier molecular flexibility index (Phi) is 6.61. The number of carbonyl (C=O) groups excluding carboxylic acids is 2. The molecule has 4 aromatic rings. The fourth-order valence-electron chi connectivity index (χ4n) is 4.59. The molecule has 0 fully saturated rings. The summed E-state index contributed by atoms with van der Waals surface area (Å²) in [6, 6.07) is 9.63. The quantitative estimate of drug-likeness (QED) is 0.402.